The van der Waals surface area contributed by atoms with Crippen LogP contribution >= 0.6 is 0 Å². The third-order valence-corrected chi connectivity index (χ3v) is 8.16. The van der Waals surface area contributed by atoms with Gasteiger partial charge in [-0.1, -0.05) is 84.7 Å². The maximum atomic E-state index is 10.7. The lowest BCUT2D eigenvalue weighted by atomic mass is 9.68. The summed E-state index contributed by atoms with van der Waals surface area (Å²) in [5.41, 5.74) is 6.70. The van der Waals surface area contributed by atoms with E-state index in [9.17, 15) is 5.11 Å². The van der Waals surface area contributed by atoms with Crippen LogP contribution < -0.4 is 4.74 Å². The van der Waals surface area contributed by atoms with E-state index >= 15 is 0 Å². The van der Waals surface area contributed by atoms with Crippen molar-refractivity contribution >= 4 is 0 Å². The van der Waals surface area contributed by atoms with Crippen molar-refractivity contribution < 1.29 is 9.84 Å². The first kappa shape index (κ1) is 28.4. The maximum absolute atomic E-state index is 10.7. The van der Waals surface area contributed by atoms with E-state index in [4.69, 9.17) is 4.74 Å². The minimum Gasteiger partial charge on any atom is -0.493 e. The van der Waals surface area contributed by atoms with Gasteiger partial charge < -0.3 is 9.84 Å². The van der Waals surface area contributed by atoms with E-state index in [0.29, 0.717) is 0 Å². The molecule has 190 valence electrons. The number of rotatable bonds is 14. The Kier molecular flexibility index (Phi) is 10.7. The highest BCUT2D eigenvalue weighted by Crippen LogP contribution is 2.42. The van der Waals surface area contributed by atoms with E-state index in [0.717, 1.165) is 63.7 Å². The topological polar surface area (TPSA) is 29.5 Å². The van der Waals surface area contributed by atoms with Gasteiger partial charge in [0.15, 0.2) is 0 Å². The number of ether oxygens (including phenoxy) is 1. The van der Waals surface area contributed by atoms with Gasteiger partial charge in [-0.3, -0.25) is 0 Å². The third kappa shape index (κ3) is 6.66. The summed E-state index contributed by atoms with van der Waals surface area (Å²) in [5.74, 6) is 1.01. The third-order valence-electron chi connectivity index (χ3n) is 8.16. The molecule has 0 spiro atoms. The van der Waals surface area contributed by atoms with Gasteiger partial charge in [0.2, 0.25) is 0 Å². The van der Waals surface area contributed by atoms with Gasteiger partial charge in [-0.2, -0.15) is 0 Å². The molecular formula is C32H50O2. The molecule has 2 nitrogen and oxygen atoms in total. The molecule has 2 aromatic rings. The molecular weight excluding hydrogens is 416 g/mol. The molecule has 0 aliphatic carbocycles. The highest BCUT2D eigenvalue weighted by Gasteiger charge is 2.32. The Morgan fingerprint density at radius 2 is 1.50 bits per heavy atom. The minimum absolute atomic E-state index is 0.00840. The normalized spacial score (nSPS) is 14.6. The number of benzene rings is 2. The molecule has 1 N–H and O–H groups in total. The average Bonchev–Trinajstić information content (AvgIpc) is 2.82. The molecule has 0 radical (unpaired) electrons. The van der Waals surface area contributed by atoms with Gasteiger partial charge in [-0.25, -0.2) is 0 Å². The Morgan fingerprint density at radius 1 is 0.853 bits per heavy atom. The van der Waals surface area contributed by atoms with Gasteiger partial charge in [-0.15, -0.1) is 0 Å². The minimum atomic E-state index is -0.271. The molecule has 0 fully saturated rings. The number of unbranched alkanes of at least 4 members (excludes halogenated alkanes) is 1. The van der Waals surface area contributed by atoms with Crippen molar-refractivity contribution in [3.63, 3.8) is 0 Å². The summed E-state index contributed by atoms with van der Waals surface area (Å²) in [6.45, 7) is 18.5. The zero-order valence-electron chi connectivity index (χ0n) is 23.3. The van der Waals surface area contributed by atoms with E-state index in [1.54, 1.807) is 0 Å². The monoisotopic (exact) mass is 466 g/mol. The van der Waals surface area contributed by atoms with Crippen molar-refractivity contribution in [3.05, 3.63) is 64.2 Å². The lowest BCUT2D eigenvalue weighted by Gasteiger charge is -2.35. The smallest absolute Gasteiger partial charge is 0.122 e. The molecule has 2 aromatic carbocycles. The van der Waals surface area contributed by atoms with Gasteiger partial charge in [-0.05, 0) is 91.7 Å². The summed E-state index contributed by atoms with van der Waals surface area (Å²) in [7, 11) is 0. The van der Waals surface area contributed by atoms with Crippen LogP contribution in [0.25, 0.3) is 0 Å². The van der Waals surface area contributed by atoms with E-state index in [2.05, 4.69) is 91.8 Å². The van der Waals surface area contributed by atoms with Crippen LogP contribution in [0.2, 0.25) is 0 Å². The highest BCUT2D eigenvalue weighted by molar-refractivity contribution is 5.47. The van der Waals surface area contributed by atoms with Crippen molar-refractivity contribution in [2.24, 2.45) is 5.41 Å². The first-order chi connectivity index (χ1) is 16.1. The van der Waals surface area contributed by atoms with E-state index < -0.39 is 0 Å². The SMILES string of the molecule is CCCCOc1ccc(C(CC)(CCC)c2ccc(CCC(O)C(C)(C)CC)c(C)c2)cc1C. The molecule has 0 bridgehead atoms. The van der Waals surface area contributed by atoms with Gasteiger partial charge in [0.25, 0.3) is 0 Å². The summed E-state index contributed by atoms with van der Waals surface area (Å²) in [6, 6.07) is 13.9. The lowest BCUT2D eigenvalue weighted by Crippen LogP contribution is -2.29. The molecule has 0 aromatic heterocycles. The Bertz CT molecular complexity index is 898. The quantitative estimate of drug-likeness (QED) is 0.282. The number of aliphatic hydroxyl groups is 1. The van der Waals surface area contributed by atoms with Gasteiger partial charge in [0.1, 0.15) is 5.75 Å². The molecule has 0 heterocycles. The van der Waals surface area contributed by atoms with Crippen LogP contribution in [-0.2, 0) is 11.8 Å². The maximum Gasteiger partial charge on any atom is 0.122 e. The molecule has 0 amide bonds. The second kappa shape index (κ2) is 12.8. The molecule has 2 heteroatoms. The van der Waals surface area contributed by atoms with Gasteiger partial charge in [0.05, 0.1) is 12.7 Å². The van der Waals surface area contributed by atoms with Crippen molar-refractivity contribution in [3.8, 4) is 5.75 Å². The van der Waals surface area contributed by atoms with Crippen LogP contribution in [0, 0.1) is 19.3 Å². The molecule has 34 heavy (non-hydrogen) atoms. The lowest BCUT2D eigenvalue weighted by molar-refractivity contribution is 0.0408. The molecule has 2 unspecified atom stereocenters. The van der Waals surface area contributed by atoms with E-state index in [1.165, 1.54) is 27.8 Å². The molecule has 2 rings (SSSR count). The fourth-order valence-electron chi connectivity index (χ4n) is 5.10. The largest absolute Gasteiger partial charge is 0.493 e. The number of hydrogen-bond donors (Lipinski definition) is 1. The van der Waals surface area contributed by atoms with Crippen LogP contribution in [0.15, 0.2) is 36.4 Å². The van der Waals surface area contributed by atoms with E-state index in [1.807, 2.05) is 0 Å². The Balaban J connectivity index is 2.34. The predicted molar refractivity (Wildman–Crippen MR) is 147 cm³/mol. The standard InChI is InChI=1S/C32H50O2/c1-9-13-21-34-29-18-17-28(23-25(29)6)32(12-4,20-10-2)27-16-14-26(24(5)22-27)15-19-30(33)31(7,8)11-3/h14,16-18,22-23,30,33H,9-13,15,19-21H2,1-8H3. The average molecular weight is 467 g/mol. The summed E-state index contributed by atoms with van der Waals surface area (Å²) < 4.78 is 6.04. The Morgan fingerprint density at radius 3 is 2.03 bits per heavy atom. The molecule has 0 aliphatic rings. The van der Waals surface area contributed by atoms with Gasteiger partial charge in [0, 0.05) is 5.41 Å². The highest BCUT2D eigenvalue weighted by atomic mass is 16.5. The van der Waals surface area contributed by atoms with Crippen LogP contribution in [0.5, 0.6) is 5.75 Å². The van der Waals surface area contributed by atoms with Gasteiger partial charge >= 0.3 is 0 Å². The molecule has 0 saturated heterocycles. The molecule has 2 atom stereocenters. The van der Waals surface area contributed by atoms with Crippen molar-refractivity contribution in [1.29, 1.82) is 0 Å². The van der Waals surface area contributed by atoms with E-state index in [-0.39, 0.29) is 16.9 Å². The van der Waals surface area contributed by atoms with Crippen LogP contribution in [-0.4, -0.2) is 17.8 Å². The predicted octanol–water partition coefficient (Wildman–Crippen LogP) is 8.71. The summed E-state index contributed by atoms with van der Waals surface area (Å²) in [4.78, 5) is 0. The number of aryl methyl sites for hydroxylation is 3. The zero-order valence-corrected chi connectivity index (χ0v) is 23.3. The number of hydrogen-bond acceptors (Lipinski definition) is 2. The first-order valence-electron chi connectivity index (χ1n) is 13.7. The van der Waals surface area contributed by atoms with Crippen molar-refractivity contribution in [2.75, 3.05) is 6.61 Å². The summed E-state index contributed by atoms with van der Waals surface area (Å²) in [6.07, 6.45) is 8.03. The Hall–Kier alpha value is -1.80. The summed E-state index contributed by atoms with van der Waals surface area (Å²) >= 11 is 0. The molecule has 0 aliphatic heterocycles. The van der Waals surface area contributed by atoms with Crippen molar-refractivity contribution in [2.45, 2.75) is 118 Å². The second-order valence-corrected chi connectivity index (χ2v) is 10.9. The van der Waals surface area contributed by atoms with Crippen LogP contribution in [0.3, 0.4) is 0 Å². The second-order valence-electron chi connectivity index (χ2n) is 10.9. The fraction of sp³-hybridized carbons (Fsp3) is 0.625. The number of aliphatic hydroxyl groups excluding tert-OH is 1. The van der Waals surface area contributed by atoms with Crippen molar-refractivity contribution in [1.82, 2.24) is 0 Å². The first-order valence-corrected chi connectivity index (χ1v) is 13.7. The zero-order chi connectivity index (χ0) is 25.4. The fourth-order valence-corrected chi connectivity index (χ4v) is 5.10. The van der Waals surface area contributed by atoms with Crippen LogP contribution in [0.1, 0.15) is 114 Å². The van der Waals surface area contributed by atoms with Crippen LogP contribution in [0.4, 0.5) is 0 Å². The summed E-state index contributed by atoms with van der Waals surface area (Å²) in [5, 5.41) is 10.7. The molecule has 0 saturated carbocycles. The Labute approximate surface area is 210 Å².